The zero-order valence-electron chi connectivity index (χ0n) is 12.1. The van der Waals surface area contributed by atoms with Gasteiger partial charge in [-0.25, -0.2) is 0 Å². The van der Waals surface area contributed by atoms with Gasteiger partial charge in [0.05, 0.1) is 26.7 Å². The van der Waals surface area contributed by atoms with Gasteiger partial charge in [0.2, 0.25) is 0 Å². The maximum atomic E-state index is 3.45. The third-order valence-corrected chi connectivity index (χ3v) is 4.21. The summed E-state index contributed by atoms with van der Waals surface area (Å²) < 4.78 is 1.31. The molecule has 0 aromatic heterocycles. The molecule has 17 heavy (non-hydrogen) atoms. The second-order valence-corrected chi connectivity index (χ2v) is 6.02. The summed E-state index contributed by atoms with van der Waals surface area (Å²) in [6.07, 6.45) is 11.5. The highest BCUT2D eigenvalue weighted by Gasteiger charge is 2.23. The second kappa shape index (κ2) is 8.93. The van der Waals surface area contributed by atoms with E-state index in [0.29, 0.717) is 0 Å². The van der Waals surface area contributed by atoms with Gasteiger partial charge in [-0.05, 0) is 12.8 Å². The van der Waals surface area contributed by atoms with Crippen LogP contribution in [-0.2, 0) is 0 Å². The molecule has 1 aliphatic heterocycles. The molecule has 0 amide bonds. The van der Waals surface area contributed by atoms with E-state index in [1.54, 1.807) is 0 Å². The van der Waals surface area contributed by atoms with Crippen LogP contribution in [0.15, 0.2) is 0 Å². The van der Waals surface area contributed by atoms with Crippen molar-refractivity contribution in [2.24, 2.45) is 0 Å². The first-order valence-electron chi connectivity index (χ1n) is 7.81. The van der Waals surface area contributed by atoms with Crippen LogP contribution >= 0.6 is 0 Å². The minimum atomic E-state index is 1.22. The van der Waals surface area contributed by atoms with E-state index in [2.05, 4.69) is 19.3 Å². The fraction of sp³-hybridized carbons (Fsp3) is 1.00. The lowest BCUT2D eigenvalue weighted by atomic mass is 10.1. The highest BCUT2D eigenvalue weighted by Crippen LogP contribution is 2.11. The average Bonchev–Trinajstić information content (AvgIpc) is 2.33. The molecule has 102 valence electrons. The molecule has 0 bridgehead atoms. The molecule has 0 aromatic carbocycles. The second-order valence-electron chi connectivity index (χ2n) is 6.02. The van der Waals surface area contributed by atoms with E-state index >= 15 is 0 Å². The van der Waals surface area contributed by atoms with Crippen LogP contribution in [0, 0.1) is 0 Å². The molecule has 1 N–H and O–H groups in total. The molecule has 1 saturated heterocycles. The molecule has 0 radical (unpaired) electrons. The number of piperazine rings is 1. The average molecular weight is 241 g/mol. The van der Waals surface area contributed by atoms with Gasteiger partial charge in [0, 0.05) is 13.1 Å². The van der Waals surface area contributed by atoms with Crippen LogP contribution in [-0.4, -0.2) is 44.3 Å². The van der Waals surface area contributed by atoms with Crippen LogP contribution in [0.2, 0.25) is 0 Å². The molecule has 0 atom stereocenters. The largest absolute Gasteiger partial charge is 0.324 e. The Hall–Kier alpha value is -0.0800. The normalized spacial score (nSPS) is 19.4. The summed E-state index contributed by atoms with van der Waals surface area (Å²) in [7, 11) is 2.43. The highest BCUT2D eigenvalue weighted by molar-refractivity contribution is 4.55. The van der Waals surface area contributed by atoms with Gasteiger partial charge in [-0.15, -0.1) is 0 Å². The number of unbranched alkanes of at least 4 members (excludes halogenated alkanes) is 7. The summed E-state index contributed by atoms with van der Waals surface area (Å²) in [5.41, 5.74) is 0. The quantitative estimate of drug-likeness (QED) is 0.483. The lowest BCUT2D eigenvalue weighted by Gasteiger charge is -2.38. The van der Waals surface area contributed by atoms with Gasteiger partial charge in [-0.2, -0.15) is 0 Å². The van der Waals surface area contributed by atoms with Gasteiger partial charge < -0.3 is 9.80 Å². The zero-order chi connectivity index (χ0) is 12.4. The fourth-order valence-electron chi connectivity index (χ4n) is 2.79. The maximum Gasteiger partial charge on any atom is 0.0911 e. The summed E-state index contributed by atoms with van der Waals surface area (Å²) in [6, 6.07) is 0. The van der Waals surface area contributed by atoms with E-state index in [9.17, 15) is 0 Å². The first kappa shape index (κ1) is 15.0. The minimum absolute atomic E-state index is 1.22. The predicted octanol–water partition coefficient (Wildman–Crippen LogP) is 3.18. The summed E-state index contributed by atoms with van der Waals surface area (Å²) >= 11 is 0. The Morgan fingerprint density at radius 1 is 0.824 bits per heavy atom. The van der Waals surface area contributed by atoms with Crippen molar-refractivity contribution in [3.05, 3.63) is 0 Å². The fourth-order valence-corrected chi connectivity index (χ4v) is 2.79. The zero-order valence-corrected chi connectivity index (χ0v) is 12.1. The Morgan fingerprint density at radius 2 is 1.35 bits per heavy atom. The number of hydrogen-bond acceptors (Lipinski definition) is 1. The van der Waals surface area contributed by atoms with Crippen LogP contribution in [0.25, 0.3) is 0 Å². The molecule has 0 spiro atoms. The number of quaternary nitrogens is 1. The first-order valence-corrected chi connectivity index (χ1v) is 7.81. The van der Waals surface area contributed by atoms with Crippen molar-refractivity contribution in [2.45, 2.75) is 58.3 Å². The smallest absolute Gasteiger partial charge is 0.0911 e. The van der Waals surface area contributed by atoms with Gasteiger partial charge in [0.1, 0.15) is 0 Å². The van der Waals surface area contributed by atoms with E-state index in [0.717, 1.165) is 0 Å². The summed E-state index contributed by atoms with van der Waals surface area (Å²) in [5.74, 6) is 0. The van der Waals surface area contributed by atoms with Crippen molar-refractivity contribution in [1.29, 1.82) is 0 Å². The van der Waals surface area contributed by atoms with E-state index in [-0.39, 0.29) is 0 Å². The Bertz CT molecular complexity index is 174. The predicted molar refractivity (Wildman–Crippen MR) is 76.3 cm³/mol. The number of nitrogens with zero attached hydrogens (tertiary/aromatic N) is 1. The standard InChI is InChI=1S/C15H33N2/c1-3-4-5-6-7-8-9-10-13-17(2)14-11-16-12-15-17/h16H,3-15H2,1-2H3/q+1. The topological polar surface area (TPSA) is 12.0 Å². The Kier molecular flexibility index (Phi) is 7.87. The molecule has 2 nitrogen and oxygen atoms in total. The van der Waals surface area contributed by atoms with Crippen LogP contribution in [0.5, 0.6) is 0 Å². The van der Waals surface area contributed by atoms with Crippen LogP contribution < -0.4 is 5.32 Å². The maximum absolute atomic E-state index is 3.45. The van der Waals surface area contributed by atoms with Crippen molar-refractivity contribution in [1.82, 2.24) is 5.32 Å². The minimum Gasteiger partial charge on any atom is -0.324 e. The van der Waals surface area contributed by atoms with Crippen molar-refractivity contribution in [2.75, 3.05) is 39.8 Å². The van der Waals surface area contributed by atoms with Crippen molar-refractivity contribution < 1.29 is 4.48 Å². The van der Waals surface area contributed by atoms with Gasteiger partial charge in [-0.1, -0.05) is 45.4 Å². The lowest BCUT2D eigenvalue weighted by molar-refractivity contribution is -0.911. The molecule has 0 aromatic rings. The van der Waals surface area contributed by atoms with E-state index < -0.39 is 0 Å². The van der Waals surface area contributed by atoms with Gasteiger partial charge in [0.25, 0.3) is 0 Å². The SMILES string of the molecule is CCCCCCCCCC[N+]1(C)CCNCC1. The molecule has 2 heteroatoms. The number of nitrogens with one attached hydrogen (secondary N) is 1. The van der Waals surface area contributed by atoms with Crippen molar-refractivity contribution >= 4 is 0 Å². The molecule has 1 rings (SSSR count). The van der Waals surface area contributed by atoms with Crippen LogP contribution in [0.4, 0.5) is 0 Å². The molecule has 1 fully saturated rings. The van der Waals surface area contributed by atoms with E-state index in [1.807, 2.05) is 0 Å². The van der Waals surface area contributed by atoms with Crippen molar-refractivity contribution in [3.63, 3.8) is 0 Å². The molecular weight excluding hydrogens is 208 g/mol. The lowest BCUT2D eigenvalue weighted by Crippen LogP contribution is -2.56. The third-order valence-electron chi connectivity index (χ3n) is 4.21. The molecule has 1 heterocycles. The summed E-state index contributed by atoms with van der Waals surface area (Å²) in [5, 5.41) is 3.45. The molecule has 0 saturated carbocycles. The molecular formula is C15H33N2+. The Balaban J connectivity index is 1.89. The van der Waals surface area contributed by atoms with Gasteiger partial charge in [0.15, 0.2) is 0 Å². The van der Waals surface area contributed by atoms with E-state index in [4.69, 9.17) is 0 Å². The number of likely N-dealkylation sites (N-methyl/N-ethyl adjacent to an activating group) is 1. The third kappa shape index (κ3) is 7.05. The first-order chi connectivity index (χ1) is 8.27. The summed E-state index contributed by atoms with van der Waals surface area (Å²) in [4.78, 5) is 0. The van der Waals surface area contributed by atoms with Gasteiger partial charge >= 0.3 is 0 Å². The van der Waals surface area contributed by atoms with Crippen LogP contribution in [0.1, 0.15) is 58.3 Å². The number of hydrogen-bond donors (Lipinski definition) is 1. The van der Waals surface area contributed by atoms with E-state index in [1.165, 1.54) is 88.6 Å². The monoisotopic (exact) mass is 241 g/mol. The Labute approximate surface area is 108 Å². The van der Waals surface area contributed by atoms with Gasteiger partial charge in [-0.3, -0.25) is 0 Å². The molecule has 1 aliphatic rings. The van der Waals surface area contributed by atoms with Crippen LogP contribution in [0.3, 0.4) is 0 Å². The highest BCUT2D eigenvalue weighted by atomic mass is 15.4. The molecule has 0 aliphatic carbocycles. The molecule has 0 unspecified atom stereocenters. The Morgan fingerprint density at radius 3 is 1.94 bits per heavy atom. The summed E-state index contributed by atoms with van der Waals surface area (Å²) in [6.45, 7) is 8.78. The number of rotatable bonds is 9. The van der Waals surface area contributed by atoms with Crippen molar-refractivity contribution in [3.8, 4) is 0 Å².